The average molecular weight is 476 g/mol. The molecule has 0 bridgehead atoms. The van der Waals surface area contributed by atoms with E-state index in [4.69, 9.17) is 10.2 Å². The minimum atomic E-state index is -0.517. The van der Waals surface area contributed by atoms with Crippen molar-refractivity contribution in [2.75, 3.05) is 19.8 Å². The van der Waals surface area contributed by atoms with E-state index in [2.05, 4.69) is 11.7 Å². The van der Waals surface area contributed by atoms with Crippen LogP contribution in [0.2, 0.25) is 0 Å². The van der Waals surface area contributed by atoms with Crippen LogP contribution in [0.5, 0.6) is 0 Å². The van der Waals surface area contributed by atoms with E-state index in [0.29, 0.717) is 11.1 Å². The van der Waals surface area contributed by atoms with Crippen LogP contribution in [0, 0.1) is 38.0 Å². The van der Waals surface area contributed by atoms with E-state index >= 15 is 0 Å². The van der Waals surface area contributed by atoms with Crippen LogP contribution in [0.3, 0.4) is 0 Å². The number of benzene rings is 1. The molecule has 0 aliphatic heterocycles. The van der Waals surface area contributed by atoms with Crippen LogP contribution in [0.1, 0.15) is 15.9 Å². The largest absolute Gasteiger partial charge is 2.00 e. The van der Waals surface area contributed by atoms with Crippen molar-refractivity contribution in [1.82, 2.24) is 0 Å². The molecule has 0 aromatic heterocycles. The zero-order chi connectivity index (χ0) is 13.1. The predicted molar refractivity (Wildman–Crippen MR) is 61.0 cm³/mol. The molecule has 1 aromatic rings. The molecule has 0 saturated carbocycles. The minimum absolute atomic E-state index is 0. The van der Waals surface area contributed by atoms with Gasteiger partial charge in [0.1, 0.15) is 6.61 Å². The topological polar surface area (TPSA) is 83.8 Å². The number of hydrogen-bond donors (Lipinski definition) is 2. The third-order valence-electron chi connectivity index (χ3n) is 1.56. The number of esters is 1. The van der Waals surface area contributed by atoms with Crippen LogP contribution in [0.4, 0.5) is 0 Å². The molecule has 0 heterocycles. The van der Waals surface area contributed by atoms with E-state index < -0.39 is 5.97 Å². The summed E-state index contributed by atoms with van der Waals surface area (Å²) in [6.45, 7) is 2.81. The van der Waals surface area contributed by atoms with Crippen molar-refractivity contribution in [2.24, 2.45) is 0 Å². The van der Waals surface area contributed by atoms with Crippen molar-refractivity contribution >= 4 is 12.3 Å². The summed E-state index contributed by atoms with van der Waals surface area (Å²) in [7, 11) is 0. The third kappa shape index (κ3) is 8.43. The third-order valence-corrected chi connectivity index (χ3v) is 1.56. The number of carbonyl (C=O) groups is 1. The Balaban J connectivity index is 0. The Hall–Kier alpha value is -0.668. The smallest absolute Gasteiger partial charge is 0.460 e. The molecule has 0 atom stereocenters. The van der Waals surface area contributed by atoms with Gasteiger partial charge in [-0.3, -0.25) is 0 Å². The number of ether oxygens (including phenoxy) is 1. The maximum atomic E-state index is 11.2. The SMILES string of the molecule is O=[C-]c1ccc(C(=O)OCCO)cc1.[CH2-]CO.[U+2]. The van der Waals surface area contributed by atoms with Gasteiger partial charge in [0.15, 0.2) is 0 Å². The molecule has 96 valence electrons. The number of rotatable bonds is 4. The molecule has 5 nitrogen and oxygen atoms in total. The molecule has 1 aromatic carbocycles. The number of aliphatic hydroxyl groups is 2. The van der Waals surface area contributed by atoms with E-state index in [1.807, 2.05) is 0 Å². The Morgan fingerprint density at radius 3 is 2.17 bits per heavy atom. The molecule has 0 aliphatic rings. The first-order chi connectivity index (χ1) is 8.19. The van der Waals surface area contributed by atoms with E-state index in [-0.39, 0.29) is 50.9 Å². The maximum Gasteiger partial charge on any atom is 2.00 e. The van der Waals surface area contributed by atoms with Crippen molar-refractivity contribution in [3.63, 3.8) is 0 Å². The quantitative estimate of drug-likeness (QED) is 0.476. The Morgan fingerprint density at radius 2 is 1.78 bits per heavy atom. The van der Waals surface area contributed by atoms with Gasteiger partial charge in [0.05, 0.1) is 12.9 Å². The molecular formula is C12H14O5U. The summed E-state index contributed by atoms with van der Waals surface area (Å²) in [5.41, 5.74) is 0.723. The van der Waals surface area contributed by atoms with Gasteiger partial charge >= 0.3 is 37.1 Å². The van der Waals surface area contributed by atoms with Crippen LogP contribution in [0.25, 0.3) is 0 Å². The van der Waals surface area contributed by atoms with Gasteiger partial charge < -0.3 is 26.7 Å². The summed E-state index contributed by atoms with van der Waals surface area (Å²) < 4.78 is 4.66. The van der Waals surface area contributed by atoms with Crippen molar-refractivity contribution in [1.29, 1.82) is 0 Å². The summed E-state index contributed by atoms with van der Waals surface area (Å²) in [5.74, 6) is -0.517. The van der Waals surface area contributed by atoms with E-state index in [1.165, 1.54) is 24.3 Å². The van der Waals surface area contributed by atoms with Gasteiger partial charge in [-0.25, -0.2) is 4.79 Å². The standard InChI is InChI=1S/C10H9O4.C2H5O.U/c11-5-6-14-10(13)9-3-1-8(7-12)2-4-9;1-2-3;/h1-4,11H,5-6H2;3H,1-2H2;/q2*-1;+2. The van der Waals surface area contributed by atoms with Crippen LogP contribution >= 0.6 is 0 Å². The molecule has 18 heavy (non-hydrogen) atoms. The van der Waals surface area contributed by atoms with Crippen molar-refractivity contribution in [3.05, 3.63) is 42.3 Å². The number of carbonyl (C=O) groups excluding carboxylic acids is 2. The first-order valence-electron chi connectivity index (χ1n) is 4.85. The molecule has 0 aliphatic carbocycles. The molecule has 0 fully saturated rings. The number of aliphatic hydroxyl groups excluding tert-OH is 2. The number of hydrogen-bond acceptors (Lipinski definition) is 5. The van der Waals surface area contributed by atoms with Crippen molar-refractivity contribution in [2.45, 2.75) is 0 Å². The maximum absolute atomic E-state index is 11.2. The summed E-state index contributed by atoms with van der Waals surface area (Å²) in [4.78, 5) is 21.4. The zero-order valence-corrected chi connectivity index (χ0v) is 13.9. The van der Waals surface area contributed by atoms with Crippen LogP contribution in [-0.2, 0) is 9.53 Å². The van der Waals surface area contributed by atoms with Gasteiger partial charge in [-0.05, 0) is 0 Å². The molecule has 0 radical (unpaired) electrons. The van der Waals surface area contributed by atoms with Crippen LogP contribution in [-0.4, -0.2) is 42.3 Å². The molecule has 0 amide bonds. The summed E-state index contributed by atoms with van der Waals surface area (Å²) >= 11 is 0. The fraction of sp³-hybridized carbons (Fsp3) is 0.250. The van der Waals surface area contributed by atoms with Crippen molar-refractivity contribution < 1.29 is 55.7 Å². The summed E-state index contributed by atoms with van der Waals surface area (Å²) in [6.07, 6.45) is 1.69. The van der Waals surface area contributed by atoms with Crippen molar-refractivity contribution in [3.8, 4) is 0 Å². The average Bonchev–Trinajstić information content (AvgIpc) is 2.37. The Morgan fingerprint density at radius 1 is 1.28 bits per heavy atom. The normalized spacial score (nSPS) is 8.39. The monoisotopic (exact) mass is 476 g/mol. The second kappa shape index (κ2) is 12.8. The molecule has 0 spiro atoms. The van der Waals surface area contributed by atoms with Gasteiger partial charge in [0.25, 0.3) is 0 Å². The Bertz CT molecular complexity index is 337. The molecule has 0 unspecified atom stereocenters. The summed E-state index contributed by atoms with van der Waals surface area (Å²) in [5, 5.41) is 15.9. The molecule has 1 rings (SSSR count). The molecule has 0 saturated heterocycles. The van der Waals surface area contributed by atoms with Crippen LogP contribution in [0.15, 0.2) is 24.3 Å². The van der Waals surface area contributed by atoms with E-state index in [1.54, 1.807) is 6.29 Å². The molecule has 2 N–H and O–H groups in total. The minimum Gasteiger partial charge on any atom is -0.460 e. The van der Waals surface area contributed by atoms with Gasteiger partial charge in [-0.2, -0.15) is 17.7 Å². The zero-order valence-electron chi connectivity index (χ0n) is 9.76. The Labute approximate surface area is 130 Å². The van der Waals surface area contributed by atoms with Crippen LogP contribution < -0.4 is 0 Å². The Kier molecular flexibility index (Phi) is 14.0. The fourth-order valence-corrected chi connectivity index (χ4v) is 0.896. The summed E-state index contributed by atoms with van der Waals surface area (Å²) in [6, 6.07) is 5.89. The van der Waals surface area contributed by atoms with Gasteiger partial charge in [0, 0.05) is 5.56 Å². The van der Waals surface area contributed by atoms with Gasteiger partial charge in [-0.15, -0.1) is 12.1 Å². The second-order valence-corrected chi connectivity index (χ2v) is 2.76. The fourth-order valence-electron chi connectivity index (χ4n) is 0.896. The molecule has 6 heteroatoms. The second-order valence-electron chi connectivity index (χ2n) is 2.76. The first-order valence-corrected chi connectivity index (χ1v) is 4.85. The van der Waals surface area contributed by atoms with Gasteiger partial charge in [-0.1, -0.05) is 6.61 Å². The van der Waals surface area contributed by atoms with E-state index in [0.717, 1.165) is 0 Å². The first kappa shape index (κ1) is 19.7. The molecular weight excluding hydrogens is 462 g/mol. The van der Waals surface area contributed by atoms with Gasteiger partial charge in [0.2, 0.25) is 0 Å². The van der Waals surface area contributed by atoms with E-state index in [9.17, 15) is 9.59 Å². The predicted octanol–water partition coefficient (Wildman–Crippen LogP) is 0.106.